The van der Waals surface area contributed by atoms with Crippen LogP contribution in [0.15, 0.2) is 0 Å². The number of nitrogens with zero attached hydrogens (tertiary/aromatic N) is 5. The van der Waals surface area contributed by atoms with Crippen molar-refractivity contribution in [2.45, 2.75) is 56.2 Å². The van der Waals surface area contributed by atoms with Crippen molar-refractivity contribution in [1.29, 1.82) is 0 Å². The number of fused-ring (bicyclic) bond motifs is 1. The molecule has 14 heteroatoms. The highest BCUT2D eigenvalue weighted by atomic mass is 35.5. The Labute approximate surface area is 202 Å². The number of hydrogen-bond acceptors (Lipinski definition) is 8. The molecule has 5 rings (SSSR count). The number of halogens is 6. The lowest BCUT2D eigenvalue weighted by Crippen LogP contribution is -2.46. The maximum atomic E-state index is 15.0. The molecule has 3 aliphatic rings. The number of aliphatic hydroxyl groups excluding tert-OH is 1. The molecule has 2 fully saturated rings. The first-order valence-electron chi connectivity index (χ1n) is 11.2. The van der Waals surface area contributed by atoms with Crippen LogP contribution >= 0.6 is 11.6 Å². The van der Waals surface area contributed by atoms with Gasteiger partial charge in [0.15, 0.2) is 17.1 Å². The summed E-state index contributed by atoms with van der Waals surface area (Å²) in [6.45, 7) is 1.61. The molecular formula is C21H23ClF5N5O3. The molecule has 8 nitrogen and oxygen atoms in total. The highest BCUT2D eigenvalue weighted by molar-refractivity contribution is 6.30. The Bertz CT molecular complexity index is 1140. The van der Waals surface area contributed by atoms with Crippen molar-refractivity contribution >= 4 is 28.3 Å². The highest BCUT2D eigenvalue weighted by Gasteiger charge is 2.49. The molecule has 5 heterocycles. The summed E-state index contributed by atoms with van der Waals surface area (Å²) in [6.07, 6.45) is -6.73. The van der Waals surface area contributed by atoms with E-state index in [1.807, 2.05) is 4.90 Å². The maximum absolute atomic E-state index is 15.0. The van der Waals surface area contributed by atoms with Gasteiger partial charge in [0.05, 0.1) is 18.1 Å². The van der Waals surface area contributed by atoms with E-state index in [1.165, 1.54) is 0 Å². The zero-order chi connectivity index (χ0) is 25.1. The Morgan fingerprint density at radius 3 is 2.83 bits per heavy atom. The summed E-state index contributed by atoms with van der Waals surface area (Å²) in [5, 5.41) is 9.15. The number of aromatic nitrogens is 3. The molecule has 0 aliphatic carbocycles. The second-order valence-electron chi connectivity index (χ2n) is 9.31. The third kappa shape index (κ3) is 4.31. The standard InChI is InChI=1S/C21H23ClF5N5O3/c1-10-8-34-18-13-15(14(24)16(22)29-18)28-19(30-17(13)32(10)7-12(33)21(25,26)27)35-9-20-3-2-4-31(20)6-11(23)5-20/h10-12,33H,2-9H2,1H3/t10-,11+,12+,20-/m0/s1. The molecule has 0 radical (unpaired) electrons. The Balaban J connectivity index is 1.57. The summed E-state index contributed by atoms with van der Waals surface area (Å²) in [6, 6.07) is -1.01. The summed E-state index contributed by atoms with van der Waals surface area (Å²) in [5.74, 6) is -1.29. The van der Waals surface area contributed by atoms with Crippen LogP contribution in [0.25, 0.3) is 10.9 Å². The molecule has 3 aliphatic heterocycles. The fraction of sp³-hybridized carbons (Fsp3) is 0.667. The molecule has 1 N–H and O–H groups in total. The largest absolute Gasteiger partial charge is 0.475 e. The Hall–Kier alpha value is -2.25. The molecular weight excluding hydrogens is 501 g/mol. The van der Waals surface area contributed by atoms with Crippen molar-refractivity contribution in [3.63, 3.8) is 0 Å². The number of rotatable bonds is 5. The average molecular weight is 524 g/mol. The maximum Gasteiger partial charge on any atom is 0.416 e. The summed E-state index contributed by atoms with van der Waals surface area (Å²) >= 11 is 5.92. The number of β-amino-alcohol motifs (C(OH)–C–C–N with tert-alkyl or cyclic N) is 1. The SMILES string of the molecule is C[C@H]1COc2nc(Cl)c(F)c3nc(OC[C@@]45CCCN4C[C@H](F)C5)nc(c23)N1C[C@@H](O)C(F)(F)F. The Kier molecular flexibility index (Phi) is 6.07. The predicted molar refractivity (Wildman–Crippen MR) is 115 cm³/mol. The molecule has 2 aromatic rings. The van der Waals surface area contributed by atoms with Crippen molar-refractivity contribution in [2.75, 3.05) is 37.7 Å². The molecule has 2 saturated heterocycles. The van der Waals surface area contributed by atoms with Crippen molar-refractivity contribution in [3.05, 3.63) is 11.0 Å². The van der Waals surface area contributed by atoms with Gasteiger partial charge in [-0.3, -0.25) is 4.90 Å². The van der Waals surface area contributed by atoms with Crippen LogP contribution in [0.5, 0.6) is 11.9 Å². The van der Waals surface area contributed by atoms with Crippen LogP contribution < -0.4 is 14.4 Å². The van der Waals surface area contributed by atoms with Crippen LogP contribution in [0, 0.1) is 5.82 Å². The minimum Gasteiger partial charge on any atom is -0.475 e. The third-order valence-corrected chi connectivity index (χ3v) is 7.17. The van der Waals surface area contributed by atoms with Crippen LogP contribution in [0.4, 0.5) is 27.8 Å². The van der Waals surface area contributed by atoms with Crippen molar-refractivity contribution < 1.29 is 36.5 Å². The van der Waals surface area contributed by atoms with Crippen LogP contribution in [0.1, 0.15) is 26.2 Å². The number of alkyl halides is 4. The first kappa shape index (κ1) is 24.4. The summed E-state index contributed by atoms with van der Waals surface area (Å²) in [5.41, 5.74) is -0.884. The van der Waals surface area contributed by atoms with Gasteiger partial charge in [-0.15, -0.1) is 0 Å². The molecule has 2 aromatic heterocycles. The van der Waals surface area contributed by atoms with Gasteiger partial charge >= 0.3 is 12.2 Å². The minimum absolute atomic E-state index is 0.0306. The fourth-order valence-corrected chi connectivity index (χ4v) is 5.32. The molecule has 0 bridgehead atoms. The predicted octanol–water partition coefficient (Wildman–Crippen LogP) is 3.28. The number of hydrogen-bond donors (Lipinski definition) is 1. The van der Waals surface area contributed by atoms with Crippen LogP contribution in [0.3, 0.4) is 0 Å². The smallest absolute Gasteiger partial charge is 0.416 e. The Morgan fingerprint density at radius 1 is 1.31 bits per heavy atom. The fourth-order valence-electron chi connectivity index (χ4n) is 5.16. The molecule has 0 saturated carbocycles. The number of aliphatic hydroxyl groups is 1. The number of pyridine rings is 1. The quantitative estimate of drug-likeness (QED) is 0.472. The summed E-state index contributed by atoms with van der Waals surface area (Å²) < 4.78 is 80.1. The van der Waals surface area contributed by atoms with Crippen LogP contribution in [-0.4, -0.2) is 87.8 Å². The Morgan fingerprint density at radius 2 is 2.09 bits per heavy atom. The van der Waals surface area contributed by atoms with Gasteiger partial charge in [-0.1, -0.05) is 11.6 Å². The van der Waals surface area contributed by atoms with Gasteiger partial charge in [0, 0.05) is 13.0 Å². The number of ether oxygens (including phenoxy) is 2. The van der Waals surface area contributed by atoms with E-state index in [-0.39, 0.29) is 48.2 Å². The van der Waals surface area contributed by atoms with Crippen molar-refractivity contribution in [2.24, 2.45) is 0 Å². The van der Waals surface area contributed by atoms with E-state index < -0.39 is 47.5 Å². The lowest BCUT2D eigenvalue weighted by molar-refractivity contribution is -0.200. The molecule has 0 spiro atoms. The van der Waals surface area contributed by atoms with Gasteiger partial charge < -0.3 is 19.5 Å². The minimum atomic E-state index is -4.89. The van der Waals surface area contributed by atoms with Gasteiger partial charge in [-0.2, -0.15) is 28.1 Å². The van der Waals surface area contributed by atoms with E-state index in [0.29, 0.717) is 13.0 Å². The highest BCUT2D eigenvalue weighted by Crippen LogP contribution is 2.42. The lowest BCUT2D eigenvalue weighted by atomic mass is 9.95. The summed E-state index contributed by atoms with van der Waals surface area (Å²) in [4.78, 5) is 15.4. The zero-order valence-corrected chi connectivity index (χ0v) is 19.4. The third-order valence-electron chi connectivity index (χ3n) is 6.92. The zero-order valence-electron chi connectivity index (χ0n) is 18.7. The number of anilines is 1. The molecule has 192 valence electrons. The average Bonchev–Trinajstić information content (AvgIpc) is 3.27. The van der Waals surface area contributed by atoms with Crippen molar-refractivity contribution in [1.82, 2.24) is 19.9 Å². The van der Waals surface area contributed by atoms with E-state index in [1.54, 1.807) is 6.92 Å². The first-order chi connectivity index (χ1) is 16.5. The van der Waals surface area contributed by atoms with Gasteiger partial charge in [0.1, 0.15) is 36.1 Å². The molecule has 35 heavy (non-hydrogen) atoms. The summed E-state index contributed by atoms with van der Waals surface area (Å²) in [7, 11) is 0. The first-order valence-corrected chi connectivity index (χ1v) is 11.6. The van der Waals surface area contributed by atoms with Gasteiger partial charge in [0.25, 0.3) is 0 Å². The van der Waals surface area contributed by atoms with Crippen LogP contribution in [0.2, 0.25) is 5.15 Å². The van der Waals surface area contributed by atoms with E-state index in [9.17, 15) is 22.7 Å². The lowest BCUT2D eigenvalue weighted by Gasteiger charge is -2.32. The van der Waals surface area contributed by atoms with Crippen LogP contribution in [-0.2, 0) is 0 Å². The topological polar surface area (TPSA) is 83.8 Å². The van der Waals surface area contributed by atoms with E-state index in [0.717, 1.165) is 17.9 Å². The van der Waals surface area contributed by atoms with Gasteiger partial charge in [-0.25, -0.2) is 8.78 Å². The normalized spacial score (nSPS) is 27.6. The van der Waals surface area contributed by atoms with E-state index in [2.05, 4.69) is 15.0 Å². The monoisotopic (exact) mass is 523 g/mol. The molecule has 0 unspecified atom stereocenters. The van der Waals surface area contributed by atoms with Crippen molar-refractivity contribution in [3.8, 4) is 11.9 Å². The molecule has 0 amide bonds. The second-order valence-corrected chi connectivity index (χ2v) is 9.67. The van der Waals surface area contributed by atoms with Gasteiger partial charge in [0.2, 0.25) is 5.88 Å². The van der Waals surface area contributed by atoms with E-state index >= 15 is 4.39 Å². The van der Waals surface area contributed by atoms with E-state index in [4.69, 9.17) is 21.1 Å². The second kappa shape index (κ2) is 8.70. The molecule has 0 aromatic carbocycles. The molecule has 4 atom stereocenters. The van der Waals surface area contributed by atoms with Gasteiger partial charge in [-0.05, 0) is 26.3 Å².